The van der Waals surface area contributed by atoms with Crippen LogP contribution < -0.4 is 10.6 Å². The van der Waals surface area contributed by atoms with Crippen LogP contribution in [-0.2, 0) is 9.59 Å². The van der Waals surface area contributed by atoms with Gasteiger partial charge in [0.05, 0.1) is 0 Å². The summed E-state index contributed by atoms with van der Waals surface area (Å²) in [6.07, 6.45) is 3.89. The number of hydrogen-bond acceptors (Lipinski definition) is 5. The molecule has 0 spiro atoms. The number of nitrogens with zero attached hydrogens (tertiary/aromatic N) is 2. The van der Waals surface area contributed by atoms with Gasteiger partial charge in [-0.25, -0.2) is 0 Å². The van der Waals surface area contributed by atoms with E-state index in [1.54, 1.807) is 6.08 Å². The number of halogens is 1. The van der Waals surface area contributed by atoms with E-state index >= 15 is 0 Å². The second-order valence-corrected chi connectivity index (χ2v) is 8.92. The first-order chi connectivity index (χ1) is 15.0. The van der Waals surface area contributed by atoms with Crippen LogP contribution >= 0.6 is 27.3 Å². The Bertz CT molecular complexity index is 1050. The maximum atomic E-state index is 12.9. The van der Waals surface area contributed by atoms with Crippen LogP contribution in [0, 0.1) is 5.92 Å². The maximum Gasteiger partial charge on any atom is 0.249 e. The zero-order valence-electron chi connectivity index (χ0n) is 17.2. The van der Waals surface area contributed by atoms with Crippen molar-refractivity contribution in [1.82, 2.24) is 15.5 Å². The van der Waals surface area contributed by atoms with Crippen molar-refractivity contribution < 1.29 is 9.59 Å². The van der Waals surface area contributed by atoms with E-state index in [0.717, 1.165) is 22.0 Å². The van der Waals surface area contributed by atoms with Gasteiger partial charge in [-0.15, -0.1) is 10.2 Å². The highest BCUT2D eigenvalue weighted by molar-refractivity contribution is 9.10. The normalized spacial score (nSPS) is 13.0. The Morgan fingerprint density at radius 2 is 1.81 bits per heavy atom. The highest BCUT2D eigenvalue weighted by Crippen LogP contribution is 2.27. The topological polar surface area (TPSA) is 84.0 Å². The molecule has 0 aliphatic carbocycles. The molecule has 1 heterocycles. The highest BCUT2D eigenvalue weighted by Gasteiger charge is 2.26. The Labute approximate surface area is 193 Å². The molecule has 0 bridgehead atoms. The summed E-state index contributed by atoms with van der Waals surface area (Å²) >= 11 is 4.69. The average molecular weight is 499 g/mol. The molecule has 2 aromatic carbocycles. The van der Waals surface area contributed by atoms with Crippen molar-refractivity contribution in [1.29, 1.82) is 0 Å². The first-order valence-electron chi connectivity index (χ1n) is 9.90. The van der Waals surface area contributed by atoms with Crippen LogP contribution in [0.15, 0.2) is 65.1 Å². The van der Waals surface area contributed by atoms with E-state index < -0.39 is 6.04 Å². The summed E-state index contributed by atoms with van der Waals surface area (Å²) in [7, 11) is 0. The average Bonchev–Trinajstić information content (AvgIpc) is 3.25. The van der Waals surface area contributed by atoms with Gasteiger partial charge < -0.3 is 5.32 Å². The van der Waals surface area contributed by atoms with E-state index in [0.29, 0.717) is 10.1 Å². The molecule has 2 amide bonds. The predicted molar refractivity (Wildman–Crippen MR) is 129 cm³/mol. The molecule has 2 N–H and O–H groups in total. The standard InChI is InChI=1S/C23H23BrN4O2S/c1-3-15(2)20(25-19(29)14-9-16-7-5-4-6-8-16)21(30)26-23-28-27-22(31-23)17-10-12-18(24)13-11-17/h4-15,20H,3H2,1-2H3,(H,25,29)(H,26,28,30)/b14-9+. The van der Waals surface area contributed by atoms with Gasteiger partial charge in [0.2, 0.25) is 16.9 Å². The smallest absolute Gasteiger partial charge is 0.249 e. The van der Waals surface area contributed by atoms with E-state index in [1.807, 2.05) is 68.4 Å². The van der Waals surface area contributed by atoms with Crippen molar-refractivity contribution >= 4 is 50.3 Å². The molecule has 0 saturated carbocycles. The van der Waals surface area contributed by atoms with Crippen LogP contribution in [0.1, 0.15) is 25.8 Å². The van der Waals surface area contributed by atoms with Gasteiger partial charge in [0.15, 0.2) is 0 Å². The summed E-state index contributed by atoms with van der Waals surface area (Å²) in [5.41, 5.74) is 1.83. The van der Waals surface area contributed by atoms with Crippen LogP contribution in [-0.4, -0.2) is 28.1 Å². The second-order valence-electron chi connectivity index (χ2n) is 7.02. The third-order valence-corrected chi connectivity index (χ3v) is 6.18. The van der Waals surface area contributed by atoms with Gasteiger partial charge in [0, 0.05) is 16.1 Å². The molecule has 0 aliphatic rings. The fourth-order valence-corrected chi connectivity index (χ4v) is 3.82. The number of benzene rings is 2. The Morgan fingerprint density at radius 1 is 1.10 bits per heavy atom. The Balaban J connectivity index is 1.66. The van der Waals surface area contributed by atoms with E-state index in [9.17, 15) is 9.59 Å². The molecule has 3 rings (SSSR count). The van der Waals surface area contributed by atoms with E-state index in [1.165, 1.54) is 17.4 Å². The number of anilines is 1. The summed E-state index contributed by atoms with van der Waals surface area (Å²) < 4.78 is 0.975. The number of aromatic nitrogens is 2. The van der Waals surface area contributed by atoms with Gasteiger partial charge in [0.25, 0.3) is 0 Å². The summed E-state index contributed by atoms with van der Waals surface area (Å²) in [4.78, 5) is 25.3. The van der Waals surface area contributed by atoms with E-state index in [4.69, 9.17) is 0 Å². The summed E-state index contributed by atoms with van der Waals surface area (Å²) in [5, 5.41) is 14.9. The molecule has 31 heavy (non-hydrogen) atoms. The third kappa shape index (κ3) is 6.57. The molecule has 6 nitrogen and oxygen atoms in total. The van der Waals surface area contributed by atoms with Crippen molar-refractivity contribution in [3.05, 3.63) is 70.7 Å². The van der Waals surface area contributed by atoms with E-state index in [-0.39, 0.29) is 17.7 Å². The van der Waals surface area contributed by atoms with Gasteiger partial charge in [-0.3, -0.25) is 14.9 Å². The minimum atomic E-state index is -0.682. The number of hydrogen-bond donors (Lipinski definition) is 2. The monoisotopic (exact) mass is 498 g/mol. The van der Waals surface area contributed by atoms with Crippen molar-refractivity contribution in [2.75, 3.05) is 5.32 Å². The summed E-state index contributed by atoms with van der Waals surface area (Å²) in [5.74, 6) is -0.681. The van der Waals surface area contributed by atoms with Crippen molar-refractivity contribution in [3.8, 4) is 10.6 Å². The van der Waals surface area contributed by atoms with Crippen LogP contribution in [0.25, 0.3) is 16.6 Å². The lowest BCUT2D eigenvalue weighted by atomic mass is 9.98. The Kier molecular flexibility index (Phi) is 8.08. The lowest BCUT2D eigenvalue weighted by Gasteiger charge is -2.22. The Morgan fingerprint density at radius 3 is 2.48 bits per heavy atom. The van der Waals surface area contributed by atoms with Gasteiger partial charge in [-0.1, -0.05) is 90.0 Å². The molecule has 0 aliphatic heterocycles. The van der Waals surface area contributed by atoms with Gasteiger partial charge in [0.1, 0.15) is 11.0 Å². The van der Waals surface area contributed by atoms with Crippen LogP contribution in [0.4, 0.5) is 5.13 Å². The van der Waals surface area contributed by atoms with Gasteiger partial charge in [-0.2, -0.15) is 0 Å². The largest absolute Gasteiger partial charge is 0.340 e. The number of rotatable bonds is 8. The predicted octanol–water partition coefficient (Wildman–Crippen LogP) is 5.15. The lowest BCUT2D eigenvalue weighted by Crippen LogP contribution is -2.47. The molecule has 0 saturated heterocycles. The lowest BCUT2D eigenvalue weighted by molar-refractivity contribution is -0.125. The van der Waals surface area contributed by atoms with Crippen LogP contribution in [0.3, 0.4) is 0 Å². The molecule has 8 heteroatoms. The molecular weight excluding hydrogens is 476 g/mol. The molecular formula is C23H23BrN4O2S. The molecule has 3 aromatic rings. The van der Waals surface area contributed by atoms with Gasteiger partial charge in [-0.05, 0) is 29.7 Å². The van der Waals surface area contributed by atoms with Crippen molar-refractivity contribution in [2.24, 2.45) is 5.92 Å². The van der Waals surface area contributed by atoms with Gasteiger partial charge >= 0.3 is 0 Å². The highest BCUT2D eigenvalue weighted by atomic mass is 79.9. The first kappa shape index (κ1) is 22.8. The molecule has 0 radical (unpaired) electrons. The van der Waals surface area contributed by atoms with E-state index in [2.05, 4.69) is 36.8 Å². The summed E-state index contributed by atoms with van der Waals surface area (Å²) in [6.45, 7) is 3.91. The Hall–Kier alpha value is -2.84. The fourth-order valence-electron chi connectivity index (χ4n) is 2.81. The number of carbonyl (C=O) groups is 2. The fraction of sp³-hybridized carbons (Fsp3) is 0.217. The quantitative estimate of drug-likeness (QED) is 0.420. The number of amides is 2. The molecule has 2 atom stereocenters. The third-order valence-electron chi connectivity index (χ3n) is 4.77. The second kappa shape index (κ2) is 11.0. The number of nitrogens with one attached hydrogen (secondary N) is 2. The van der Waals surface area contributed by atoms with Crippen LogP contribution in [0.2, 0.25) is 0 Å². The molecule has 2 unspecified atom stereocenters. The SMILES string of the molecule is CCC(C)C(NC(=O)/C=C/c1ccccc1)C(=O)Nc1nnc(-c2ccc(Br)cc2)s1. The van der Waals surface area contributed by atoms with Crippen molar-refractivity contribution in [2.45, 2.75) is 26.3 Å². The molecule has 160 valence electrons. The van der Waals surface area contributed by atoms with Crippen LogP contribution in [0.5, 0.6) is 0 Å². The minimum Gasteiger partial charge on any atom is -0.340 e. The zero-order chi connectivity index (χ0) is 22.2. The molecule has 1 aromatic heterocycles. The number of carbonyl (C=O) groups excluding carboxylic acids is 2. The summed E-state index contributed by atoms with van der Waals surface area (Å²) in [6, 6.07) is 16.5. The van der Waals surface area contributed by atoms with Crippen molar-refractivity contribution in [3.63, 3.8) is 0 Å². The minimum absolute atomic E-state index is 0.0482. The first-order valence-corrected chi connectivity index (χ1v) is 11.5. The maximum absolute atomic E-state index is 12.9. The molecule has 0 fully saturated rings. The zero-order valence-corrected chi connectivity index (χ0v) is 19.6.